The molecule has 2 N–H and O–H groups in total. The number of likely N-dealkylation sites (tertiary alicyclic amines) is 1. The van der Waals surface area contributed by atoms with Crippen molar-refractivity contribution in [2.24, 2.45) is 0 Å². The number of carboxylic acid groups (broad SMARTS) is 1. The first-order valence-electron chi connectivity index (χ1n) is 7.27. The van der Waals surface area contributed by atoms with Gasteiger partial charge in [0.1, 0.15) is 11.8 Å². The molecule has 1 saturated heterocycles. The molecule has 6 heteroatoms. The molecule has 6 nitrogen and oxygen atoms in total. The van der Waals surface area contributed by atoms with Crippen molar-refractivity contribution in [2.75, 3.05) is 13.7 Å². The Hall–Kier alpha value is -2.50. The van der Waals surface area contributed by atoms with Crippen LogP contribution in [0.3, 0.4) is 0 Å². The molecule has 1 aromatic carbocycles. The van der Waals surface area contributed by atoms with Gasteiger partial charge in [-0.25, -0.2) is 4.79 Å². The van der Waals surface area contributed by atoms with Crippen LogP contribution in [0.4, 0.5) is 0 Å². The molecule has 2 aromatic rings. The molecule has 0 saturated carbocycles. The molecule has 0 aliphatic carbocycles. The van der Waals surface area contributed by atoms with Crippen molar-refractivity contribution in [3.05, 3.63) is 30.0 Å². The van der Waals surface area contributed by atoms with E-state index in [9.17, 15) is 14.7 Å². The molecular weight excluding hydrogens is 284 g/mol. The van der Waals surface area contributed by atoms with Crippen LogP contribution in [-0.2, 0) is 16.0 Å². The third-order valence-electron chi connectivity index (χ3n) is 4.17. The monoisotopic (exact) mass is 302 g/mol. The Kier molecular flexibility index (Phi) is 3.75. The Morgan fingerprint density at radius 2 is 2.27 bits per heavy atom. The van der Waals surface area contributed by atoms with Crippen LogP contribution in [0, 0.1) is 0 Å². The fourth-order valence-electron chi connectivity index (χ4n) is 3.12. The molecule has 116 valence electrons. The molecule has 1 atom stereocenters. The van der Waals surface area contributed by atoms with Gasteiger partial charge in [-0.15, -0.1) is 0 Å². The van der Waals surface area contributed by atoms with Gasteiger partial charge in [0.05, 0.1) is 13.5 Å². The van der Waals surface area contributed by atoms with Gasteiger partial charge in [-0.05, 0) is 30.5 Å². The van der Waals surface area contributed by atoms with Crippen LogP contribution >= 0.6 is 0 Å². The number of methoxy groups -OCH3 is 1. The summed E-state index contributed by atoms with van der Waals surface area (Å²) in [7, 11) is 1.59. The zero-order valence-electron chi connectivity index (χ0n) is 12.3. The molecule has 1 fully saturated rings. The van der Waals surface area contributed by atoms with Gasteiger partial charge in [0.25, 0.3) is 0 Å². The highest BCUT2D eigenvalue weighted by atomic mass is 16.5. The van der Waals surface area contributed by atoms with Gasteiger partial charge in [-0.3, -0.25) is 4.79 Å². The molecule has 3 rings (SSSR count). The number of amides is 1. The van der Waals surface area contributed by atoms with Crippen LogP contribution in [0.1, 0.15) is 18.4 Å². The molecule has 1 aliphatic rings. The molecule has 1 amide bonds. The Morgan fingerprint density at radius 1 is 1.45 bits per heavy atom. The lowest BCUT2D eigenvalue weighted by Gasteiger charge is -2.21. The van der Waals surface area contributed by atoms with Crippen molar-refractivity contribution in [1.82, 2.24) is 9.88 Å². The molecule has 1 aliphatic heterocycles. The molecule has 0 radical (unpaired) electrons. The summed E-state index contributed by atoms with van der Waals surface area (Å²) >= 11 is 0. The van der Waals surface area contributed by atoms with Gasteiger partial charge >= 0.3 is 5.97 Å². The average molecular weight is 302 g/mol. The fraction of sp³-hybridized carbons (Fsp3) is 0.375. The summed E-state index contributed by atoms with van der Waals surface area (Å²) < 4.78 is 5.35. The number of aromatic amines is 1. The van der Waals surface area contributed by atoms with E-state index in [4.69, 9.17) is 4.74 Å². The normalized spacial score (nSPS) is 17.9. The predicted octanol–water partition coefficient (Wildman–Crippen LogP) is 1.79. The maximum atomic E-state index is 12.5. The maximum absolute atomic E-state index is 12.5. The van der Waals surface area contributed by atoms with Crippen LogP contribution in [0.15, 0.2) is 24.4 Å². The number of benzene rings is 1. The number of carbonyl (C=O) groups excluding carboxylic acids is 1. The molecule has 0 bridgehead atoms. The minimum absolute atomic E-state index is 0.156. The fourth-order valence-corrected chi connectivity index (χ4v) is 3.12. The summed E-state index contributed by atoms with van der Waals surface area (Å²) in [5.74, 6) is -0.378. The van der Waals surface area contributed by atoms with E-state index in [0.29, 0.717) is 18.7 Å². The van der Waals surface area contributed by atoms with Crippen molar-refractivity contribution in [1.29, 1.82) is 0 Å². The number of rotatable bonds is 4. The van der Waals surface area contributed by atoms with Crippen LogP contribution in [0.25, 0.3) is 10.9 Å². The number of aromatic nitrogens is 1. The topological polar surface area (TPSA) is 82.6 Å². The van der Waals surface area contributed by atoms with E-state index in [-0.39, 0.29) is 12.3 Å². The number of aliphatic carboxylic acids is 1. The van der Waals surface area contributed by atoms with E-state index in [0.717, 1.165) is 22.9 Å². The number of H-pyrrole nitrogens is 1. The van der Waals surface area contributed by atoms with E-state index in [1.54, 1.807) is 13.3 Å². The van der Waals surface area contributed by atoms with Crippen molar-refractivity contribution < 1.29 is 19.4 Å². The zero-order valence-corrected chi connectivity index (χ0v) is 12.3. The van der Waals surface area contributed by atoms with Gasteiger partial charge in [0.15, 0.2) is 0 Å². The van der Waals surface area contributed by atoms with Gasteiger partial charge in [0.2, 0.25) is 5.91 Å². The second-order valence-electron chi connectivity index (χ2n) is 5.46. The number of carboxylic acids is 1. The van der Waals surface area contributed by atoms with Gasteiger partial charge in [0, 0.05) is 23.6 Å². The first kappa shape index (κ1) is 14.4. The summed E-state index contributed by atoms with van der Waals surface area (Å²) in [6.07, 6.45) is 3.22. The Labute approximate surface area is 127 Å². The average Bonchev–Trinajstić information content (AvgIpc) is 3.14. The lowest BCUT2D eigenvalue weighted by Crippen LogP contribution is -2.41. The highest BCUT2D eigenvalue weighted by molar-refractivity contribution is 5.94. The van der Waals surface area contributed by atoms with E-state index in [2.05, 4.69) is 4.98 Å². The van der Waals surface area contributed by atoms with Gasteiger partial charge < -0.3 is 19.7 Å². The minimum Gasteiger partial charge on any atom is -0.496 e. The molecule has 0 spiro atoms. The molecule has 22 heavy (non-hydrogen) atoms. The highest BCUT2D eigenvalue weighted by Crippen LogP contribution is 2.29. The second kappa shape index (κ2) is 5.71. The van der Waals surface area contributed by atoms with E-state index in [1.807, 2.05) is 18.2 Å². The van der Waals surface area contributed by atoms with Crippen LogP contribution in [0.2, 0.25) is 0 Å². The smallest absolute Gasteiger partial charge is 0.326 e. The lowest BCUT2D eigenvalue weighted by atomic mass is 10.1. The van der Waals surface area contributed by atoms with Crippen LogP contribution in [0.5, 0.6) is 5.75 Å². The number of carbonyl (C=O) groups is 2. The van der Waals surface area contributed by atoms with Crippen molar-refractivity contribution in [3.8, 4) is 5.75 Å². The van der Waals surface area contributed by atoms with Crippen LogP contribution in [-0.4, -0.2) is 46.6 Å². The van der Waals surface area contributed by atoms with E-state index < -0.39 is 12.0 Å². The van der Waals surface area contributed by atoms with Gasteiger partial charge in [-0.1, -0.05) is 6.07 Å². The predicted molar refractivity (Wildman–Crippen MR) is 80.9 cm³/mol. The van der Waals surface area contributed by atoms with Crippen molar-refractivity contribution >= 4 is 22.8 Å². The standard InChI is InChI=1S/C16H18N2O4/c1-22-13-6-2-4-11-15(13)10(9-17-11)8-14(19)18-7-3-5-12(18)16(20)21/h2,4,6,9,12,17H,3,5,7-8H2,1H3,(H,20,21)/t12-/m1/s1. The number of ether oxygens (including phenoxy) is 1. The summed E-state index contributed by atoms with van der Waals surface area (Å²) in [6.45, 7) is 0.509. The third kappa shape index (κ3) is 2.41. The minimum atomic E-state index is -0.928. The molecule has 0 unspecified atom stereocenters. The van der Waals surface area contributed by atoms with E-state index >= 15 is 0 Å². The summed E-state index contributed by atoms with van der Waals surface area (Å²) in [5, 5.41) is 10.1. The molecule has 1 aromatic heterocycles. The number of nitrogens with zero attached hydrogens (tertiary/aromatic N) is 1. The summed E-state index contributed by atoms with van der Waals surface area (Å²) in [5.41, 5.74) is 1.73. The Morgan fingerprint density at radius 3 is 3.00 bits per heavy atom. The number of hydrogen-bond donors (Lipinski definition) is 2. The molecule has 2 heterocycles. The first-order chi connectivity index (χ1) is 10.6. The number of nitrogens with one attached hydrogen (secondary N) is 1. The second-order valence-corrected chi connectivity index (χ2v) is 5.46. The Balaban J connectivity index is 1.87. The van der Waals surface area contributed by atoms with Crippen LogP contribution < -0.4 is 4.74 Å². The third-order valence-corrected chi connectivity index (χ3v) is 4.17. The number of fused-ring (bicyclic) bond motifs is 1. The van der Waals surface area contributed by atoms with E-state index in [1.165, 1.54) is 4.90 Å². The zero-order chi connectivity index (χ0) is 15.7. The van der Waals surface area contributed by atoms with Crippen molar-refractivity contribution in [3.63, 3.8) is 0 Å². The SMILES string of the molecule is COc1cccc2[nH]cc(CC(=O)N3CCC[C@@H]3C(=O)O)c12. The number of hydrogen-bond acceptors (Lipinski definition) is 3. The van der Waals surface area contributed by atoms with Crippen molar-refractivity contribution in [2.45, 2.75) is 25.3 Å². The molecular formula is C16H18N2O4. The quantitative estimate of drug-likeness (QED) is 0.902. The van der Waals surface area contributed by atoms with Gasteiger partial charge in [-0.2, -0.15) is 0 Å². The first-order valence-corrected chi connectivity index (χ1v) is 7.27. The maximum Gasteiger partial charge on any atom is 0.326 e. The highest BCUT2D eigenvalue weighted by Gasteiger charge is 2.34. The summed E-state index contributed by atoms with van der Waals surface area (Å²) in [4.78, 5) is 28.3. The summed E-state index contributed by atoms with van der Waals surface area (Å²) in [6, 6.07) is 4.95. The Bertz CT molecular complexity index is 722. The lowest BCUT2D eigenvalue weighted by molar-refractivity contribution is -0.147. The largest absolute Gasteiger partial charge is 0.496 e.